The minimum atomic E-state index is 0.641. The molecule has 6 nitrogen and oxygen atoms in total. The van der Waals surface area contributed by atoms with Gasteiger partial charge in [-0.25, -0.2) is 4.98 Å². The van der Waals surface area contributed by atoms with Crippen molar-refractivity contribution in [2.45, 2.75) is 33.0 Å². The number of aliphatic imine (C=N–C) groups is 1. The third kappa shape index (κ3) is 5.10. The van der Waals surface area contributed by atoms with Crippen LogP contribution in [0.4, 0.5) is 0 Å². The number of hydrogen-bond acceptors (Lipinski definition) is 3. The summed E-state index contributed by atoms with van der Waals surface area (Å²) in [6.45, 7) is 5.21. The van der Waals surface area contributed by atoms with Crippen molar-refractivity contribution in [2.24, 2.45) is 4.99 Å². The van der Waals surface area contributed by atoms with E-state index in [-0.39, 0.29) is 0 Å². The molecule has 148 valence electrons. The molecule has 0 amide bonds. The average molecular weight is 380 g/mol. The quantitative estimate of drug-likeness (QED) is 0.358. The number of aromatic nitrogens is 2. The van der Waals surface area contributed by atoms with Crippen LogP contribution in [0.1, 0.15) is 23.4 Å². The van der Waals surface area contributed by atoms with Crippen LogP contribution in [-0.2, 0) is 24.4 Å². The molecule has 0 fully saturated rings. The molecule has 2 aromatic carbocycles. The molecule has 0 aliphatic heterocycles. The molecule has 0 unspecified atom stereocenters. The highest BCUT2D eigenvalue weighted by Crippen LogP contribution is 2.15. The van der Waals surface area contributed by atoms with Crippen LogP contribution in [0.5, 0.6) is 0 Å². The Morgan fingerprint density at radius 3 is 2.57 bits per heavy atom. The molecule has 0 bridgehead atoms. The summed E-state index contributed by atoms with van der Waals surface area (Å²) >= 11 is 0. The highest BCUT2D eigenvalue weighted by molar-refractivity contribution is 5.79. The van der Waals surface area contributed by atoms with Crippen LogP contribution in [0.3, 0.4) is 0 Å². The fourth-order valence-electron chi connectivity index (χ4n) is 3.25. The van der Waals surface area contributed by atoms with Gasteiger partial charge in [0, 0.05) is 33.8 Å². The Bertz CT molecular complexity index is 914. The van der Waals surface area contributed by atoms with Crippen molar-refractivity contribution >= 4 is 17.0 Å². The normalized spacial score (nSPS) is 11.8. The minimum Gasteiger partial charge on any atom is -0.380 e. The highest BCUT2D eigenvalue weighted by Gasteiger charge is 2.06. The van der Waals surface area contributed by atoms with Gasteiger partial charge in [0.05, 0.1) is 17.6 Å². The molecule has 3 rings (SSSR count). The maximum absolute atomic E-state index is 5.15. The zero-order valence-electron chi connectivity index (χ0n) is 16.9. The van der Waals surface area contributed by atoms with Gasteiger partial charge in [-0.2, -0.15) is 0 Å². The first-order valence-electron chi connectivity index (χ1n) is 9.64. The largest absolute Gasteiger partial charge is 0.380 e. The summed E-state index contributed by atoms with van der Waals surface area (Å²) in [6.07, 6.45) is 0.994. The SMILES string of the molecule is CN=C(NCCCn1c(C)nc2ccccc21)NCc1ccc(COC)cc1. The summed E-state index contributed by atoms with van der Waals surface area (Å²) in [5.74, 6) is 1.87. The Balaban J connectivity index is 1.44. The molecule has 1 heterocycles. The lowest BCUT2D eigenvalue weighted by molar-refractivity contribution is 0.185. The van der Waals surface area contributed by atoms with Crippen molar-refractivity contribution in [3.05, 3.63) is 65.5 Å². The van der Waals surface area contributed by atoms with E-state index in [0.717, 1.165) is 43.4 Å². The first-order chi connectivity index (χ1) is 13.7. The molecule has 0 aliphatic carbocycles. The Labute approximate surface area is 166 Å². The van der Waals surface area contributed by atoms with Crippen LogP contribution in [-0.4, -0.2) is 36.2 Å². The van der Waals surface area contributed by atoms with Gasteiger partial charge in [0.2, 0.25) is 0 Å². The van der Waals surface area contributed by atoms with Crippen LogP contribution in [0.15, 0.2) is 53.5 Å². The number of methoxy groups -OCH3 is 1. The van der Waals surface area contributed by atoms with E-state index < -0.39 is 0 Å². The van der Waals surface area contributed by atoms with Gasteiger partial charge in [-0.05, 0) is 36.6 Å². The smallest absolute Gasteiger partial charge is 0.191 e. The number of nitrogens with zero attached hydrogens (tertiary/aromatic N) is 3. The molecule has 6 heteroatoms. The van der Waals surface area contributed by atoms with Gasteiger partial charge in [0.1, 0.15) is 5.82 Å². The number of imidazole rings is 1. The second kappa shape index (κ2) is 9.90. The molecular weight excluding hydrogens is 350 g/mol. The maximum Gasteiger partial charge on any atom is 0.191 e. The predicted molar refractivity (Wildman–Crippen MR) is 114 cm³/mol. The number of guanidine groups is 1. The summed E-state index contributed by atoms with van der Waals surface area (Å²) in [6, 6.07) is 16.7. The number of hydrogen-bond donors (Lipinski definition) is 2. The van der Waals surface area contributed by atoms with Crippen molar-refractivity contribution in [3.8, 4) is 0 Å². The van der Waals surface area contributed by atoms with Gasteiger partial charge >= 0.3 is 0 Å². The number of rotatable bonds is 8. The van der Waals surface area contributed by atoms with Gasteiger partial charge in [-0.15, -0.1) is 0 Å². The molecule has 28 heavy (non-hydrogen) atoms. The number of ether oxygens (including phenoxy) is 1. The minimum absolute atomic E-state index is 0.641. The predicted octanol–water partition coefficient (Wildman–Crippen LogP) is 3.25. The molecule has 0 spiro atoms. The summed E-state index contributed by atoms with van der Waals surface area (Å²) in [5, 5.41) is 6.75. The van der Waals surface area contributed by atoms with E-state index in [1.54, 1.807) is 14.2 Å². The van der Waals surface area contributed by atoms with Crippen LogP contribution >= 0.6 is 0 Å². The van der Waals surface area contributed by atoms with Gasteiger partial charge in [-0.3, -0.25) is 4.99 Å². The van der Waals surface area contributed by atoms with E-state index in [9.17, 15) is 0 Å². The van der Waals surface area contributed by atoms with E-state index in [1.165, 1.54) is 16.6 Å². The first-order valence-corrected chi connectivity index (χ1v) is 9.64. The van der Waals surface area contributed by atoms with E-state index in [0.29, 0.717) is 6.61 Å². The summed E-state index contributed by atoms with van der Waals surface area (Å²) in [4.78, 5) is 8.93. The Morgan fingerprint density at radius 2 is 1.82 bits per heavy atom. The highest BCUT2D eigenvalue weighted by atomic mass is 16.5. The van der Waals surface area contributed by atoms with Crippen LogP contribution in [0.2, 0.25) is 0 Å². The number of nitrogens with one attached hydrogen (secondary N) is 2. The second-order valence-electron chi connectivity index (χ2n) is 6.75. The van der Waals surface area contributed by atoms with E-state index in [4.69, 9.17) is 4.74 Å². The molecule has 0 saturated heterocycles. The fraction of sp³-hybridized carbons (Fsp3) is 0.364. The van der Waals surface area contributed by atoms with Crippen LogP contribution in [0.25, 0.3) is 11.0 Å². The Hall–Kier alpha value is -2.86. The Kier molecular flexibility index (Phi) is 7.03. The zero-order valence-corrected chi connectivity index (χ0v) is 16.9. The lowest BCUT2D eigenvalue weighted by atomic mass is 10.1. The van der Waals surface area contributed by atoms with E-state index in [1.807, 2.05) is 6.07 Å². The maximum atomic E-state index is 5.15. The molecule has 2 N–H and O–H groups in total. The molecule has 0 saturated carbocycles. The third-order valence-corrected chi connectivity index (χ3v) is 4.71. The topological polar surface area (TPSA) is 63.5 Å². The van der Waals surface area contributed by atoms with Crippen molar-refractivity contribution < 1.29 is 4.74 Å². The number of aryl methyl sites for hydroxylation is 2. The fourth-order valence-corrected chi connectivity index (χ4v) is 3.25. The number of para-hydroxylation sites is 2. The van der Waals surface area contributed by atoms with Gasteiger partial charge in [0.25, 0.3) is 0 Å². The molecule has 0 radical (unpaired) electrons. The summed E-state index contributed by atoms with van der Waals surface area (Å²) in [5.41, 5.74) is 4.64. The Morgan fingerprint density at radius 1 is 1.07 bits per heavy atom. The lowest BCUT2D eigenvalue weighted by Crippen LogP contribution is -2.37. The average Bonchev–Trinajstić information content (AvgIpc) is 3.04. The molecule has 0 atom stereocenters. The number of fused-ring (bicyclic) bond motifs is 1. The molecule has 3 aromatic rings. The van der Waals surface area contributed by atoms with Crippen molar-refractivity contribution in [1.82, 2.24) is 20.2 Å². The van der Waals surface area contributed by atoms with Gasteiger partial charge in [0.15, 0.2) is 5.96 Å². The van der Waals surface area contributed by atoms with Crippen molar-refractivity contribution in [2.75, 3.05) is 20.7 Å². The second-order valence-corrected chi connectivity index (χ2v) is 6.75. The molecule has 1 aromatic heterocycles. The van der Waals surface area contributed by atoms with Crippen LogP contribution < -0.4 is 10.6 Å². The third-order valence-electron chi connectivity index (χ3n) is 4.71. The lowest BCUT2D eigenvalue weighted by Gasteiger charge is -2.13. The summed E-state index contributed by atoms with van der Waals surface area (Å²) < 4.78 is 7.42. The zero-order chi connectivity index (χ0) is 19.8. The van der Waals surface area contributed by atoms with Crippen molar-refractivity contribution in [1.29, 1.82) is 0 Å². The van der Waals surface area contributed by atoms with Crippen LogP contribution in [0, 0.1) is 6.92 Å². The molecular formula is C22H29N5O. The van der Waals surface area contributed by atoms with E-state index >= 15 is 0 Å². The van der Waals surface area contributed by atoms with Crippen molar-refractivity contribution in [3.63, 3.8) is 0 Å². The first kappa shape index (κ1) is 19.9. The van der Waals surface area contributed by atoms with Gasteiger partial charge < -0.3 is 19.9 Å². The standard InChI is InChI=1S/C22H29N5O/c1-17-26-20-7-4-5-8-21(20)27(17)14-6-13-24-22(23-2)25-15-18-9-11-19(12-10-18)16-28-3/h4-5,7-12H,6,13-16H2,1-3H3,(H2,23,24,25). The monoisotopic (exact) mass is 379 g/mol. The number of benzene rings is 2. The van der Waals surface area contributed by atoms with E-state index in [2.05, 4.69) is 74.6 Å². The molecule has 0 aliphatic rings. The summed E-state index contributed by atoms with van der Waals surface area (Å²) in [7, 11) is 3.51. The van der Waals surface area contributed by atoms with Gasteiger partial charge in [-0.1, -0.05) is 36.4 Å².